The van der Waals surface area contributed by atoms with Crippen LogP contribution in [0.3, 0.4) is 0 Å². The second-order valence-electron chi connectivity index (χ2n) is 3.65. The molecular formula is C9H15NO3. The van der Waals surface area contributed by atoms with Crippen LogP contribution in [0.2, 0.25) is 0 Å². The van der Waals surface area contributed by atoms with Crippen molar-refractivity contribution in [3.8, 4) is 0 Å². The van der Waals surface area contributed by atoms with Gasteiger partial charge in [0, 0.05) is 19.3 Å². The molecule has 0 saturated heterocycles. The van der Waals surface area contributed by atoms with Crippen LogP contribution in [-0.2, 0) is 9.53 Å². The number of nitrogens with zero attached hydrogens (tertiary/aromatic N) is 1. The van der Waals surface area contributed by atoms with Gasteiger partial charge in [-0.25, -0.2) is 4.79 Å². The molecule has 4 nitrogen and oxygen atoms in total. The second-order valence-corrected chi connectivity index (χ2v) is 3.65. The van der Waals surface area contributed by atoms with Gasteiger partial charge >= 0.3 is 5.97 Å². The van der Waals surface area contributed by atoms with E-state index in [-0.39, 0.29) is 5.92 Å². The molecule has 74 valence electrons. The van der Waals surface area contributed by atoms with Crippen LogP contribution >= 0.6 is 0 Å². The molecule has 0 amide bonds. The lowest BCUT2D eigenvalue weighted by molar-refractivity contribution is -0.518. The van der Waals surface area contributed by atoms with Gasteiger partial charge < -0.3 is 9.94 Å². The largest absolute Gasteiger partial charge is 0.623 e. The fourth-order valence-corrected chi connectivity index (χ4v) is 1.63. The third kappa shape index (κ3) is 1.66. The van der Waals surface area contributed by atoms with Gasteiger partial charge in [-0.1, -0.05) is 6.92 Å². The van der Waals surface area contributed by atoms with Gasteiger partial charge in [0.05, 0.1) is 6.61 Å². The van der Waals surface area contributed by atoms with E-state index >= 15 is 0 Å². The van der Waals surface area contributed by atoms with Crippen molar-refractivity contribution in [2.24, 2.45) is 5.92 Å². The predicted octanol–water partition coefficient (Wildman–Crippen LogP) is 0.929. The Kier molecular flexibility index (Phi) is 2.59. The summed E-state index contributed by atoms with van der Waals surface area (Å²) >= 11 is 0. The molecule has 4 heteroatoms. The molecule has 0 aliphatic carbocycles. The van der Waals surface area contributed by atoms with E-state index in [0.717, 1.165) is 4.74 Å². The molecule has 1 rings (SSSR count). The predicted molar refractivity (Wildman–Crippen MR) is 48.5 cm³/mol. The lowest BCUT2D eigenvalue weighted by atomic mass is 9.95. The summed E-state index contributed by atoms with van der Waals surface area (Å²) in [7, 11) is 0. The number of esters is 1. The molecule has 0 spiro atoms. The van der Waals surface area contributed by atoms with Crippen LogP contribution in [-0.4, -0.2) is 29.1 Å². The Morgan fingerprint density at radius 1 is 1.85 bits per heavy atom. The van der Waals surface area contributed by atoms with Crippen molar-refractivity contribution in [3.05, 3.63) is 5.21 Å². The summed E-state index contributed by atoms with van der Waals surface area (Å²) in [6, 6.07) is 0. The van der Waals surface area contributed by atoms with Crippen molar-refractivity contribution < 1.29 is 14.3 Å². The summed E-state index contributed by atoms with van der Waals surface area (Å²) in [5.74, 6) is -0.280. The lowest BCUT2D eigenvalue weighted by Gasteiger charge is -2.20. The Morgan fingerprint density at radius 3 is 2.85 bits per heavy atom. The van der Waals surface area contributed by atoms with Gasteiger partial charge in [0.1, 0.15) is 0 Å². The SMILES string of the molecule is CCOC(=O)[C@@]1(C)C[C@H](C)C=[N+]1[O-]. The van der Waals surface area contributed by atoms with Gasteiger partial charge in [-0.15, -0.1) is 0 Å². The van der Waals surface area contributed by atoms with E-state index in [1.165, 1.54) is 6.21 Å². The highest BCUT2D eigenvalue weighted by molar-refractivity contribution is 5.81. The van der Waals surface area contributed by atoms with E-state index in [9.17, 15) is 10.0 Å². The molecule has 0 unspecified atom stereocenters. The Hall–Kier alpha value is -1.06. The van der Waals surface area contributed by atoms with Gasteiger partial charge in [0.2, 0.25) is 0 Å². The maximum atomic E-state index is 11.4. The lowest BCUT2D eigenvalue weighted by Crippen LogP contribution is -2.42. The molecule has 1 heterocycles. The minimum Gasteiger partial charge on any atom is -0.623 e. The van der Waals surface area contributed by atoms with Gasteiger partial charge in [-0.05, 0) is 6.92 Å². The van der Waals surface area contributed by atoms with Crippen LogP contribution in [0.1, 0.15) is 27.2 Å². The van der Waals surface area contributed by atoms with E-state index in [2.05, 4.69) is 0 Å². The molecule has 0 fully saturated rings. The molecule has 2 atom stereocenters. The molecule has 0 aromatic rings. The van der Waals surface area contributed by atoms with Crippen molar-refractivity contribution >= 4 is 12.2 Å². The van der Waals surface area contributed by atoms with Crippen LogP contribution in [0.25, 0.3) is 0 Å². The minimum absolute atomic E-state index is 0.145. The highest BCUT2D eigenvalue weighted by Gasteiger charge is 2.48. The van der Waals surface area contributed by atoms with Crippen LogP contribution in [0.4, 0.5) is 0 Å². The van der Waals surface area contributed by atoms with Crippen molar-refractivity contribution in [2.75, 3.05) is 6.61 Å². The first-order valence-corrected chi connectivity index (χ1v) is 4.49. The number of carbonyl (C=O) groups excluding carboxylic acids is 1. The van der Waals surface area contributed by atoms with Gasteiger partial charge in [0.25, 0.3) is 5.54 Å². The monoisotopic (exact) mass is 185 g/mol. The fourth-order valence-electron chi connectivity index (χ4n) is 1.63. The molecule has 0 N–H and O–H groups in total. The van der Waals surface area contributed by atoms with Crippen LogP contribution in [0, 0.1) is 11.1 Å². The Labute approximate surface area is 77.8 Å². The van der Waals surface area contributed by atoms with Gasteiger partial charge in [0.15, 0.2) is 6.21 Å². The van der Waals surface area contributed by atoms with Crippen LogP contribution < -0.4 is 0 Å². The van der Waals surface area contributed by atoms with E-state index in [1.54, 1.807) is 13.8 Å². The summed E-state index contributed by atoms with van der Waals surface area (Å²) in [4.78, 5) is 11.4. The zero-order chi connectivity index (χ0) is 10.1. The number of hydroxylamine groups is 1. The van der Waals surface area contributed by atoms with Crippen molar-refractivity contribution in [3.63, 3.8) is 0 Å². The summed E-state index contributed by atoms with van der Waals surface area (Å²) < 4.78 is 5.56. The van der Waals surface area contributed by atoms with E-state index in [0.29, 0.717) is 13.0 Å². The minimum atomic E-state index is -1.00. The van der Waals surface area contributed by atoms with Crippen molar-refractivity contribution in [2.45, 2.75) is 32.7 Å². The molecule has 13 heavy (non-hydrogen) atoms. The standard InChI is InChI=1S/C9H15NO3/c1-4-13-8(11)9(3)5-7(2)6-10(9)12/h6-7H,4-5H2,1-3H3/t7-,9+/m0/s1. The molecule has 0 bridgehead atoms. The highest BCUT2D eigenvalue weighted by atomic mass is 16.5. The normalized spacial score (nSPS) is 32.8. The average Bonchev–Trinajstić information content (AvgIpc) is 2.28. The van der Waals surface area contributed by atoms with Gasteiger partial charge in [-0.2, -0.15) is 4.74 Å². The average molecular weight is 185 g/mol. The Balaban J connectivity index is 2.78. The molecule has 1 aliphatic heterocycles. The smallest absolute Gasteiger partial charge is 0.379 e. The Morgan fingerprint density at radius 2 is 2.46 bits per heavy atom. The van der Waals surface area contributed by atoms with E-state index in [1.807, 2.05) is 6.92 Å². The summed E-state index contributed by atoms with van der Waals surface area (Å²) in [5.41, 5.74) is -1.00. The van der Waals surface area contributed by atoms with Crippen molar-refractivity contribution in [1.82, 2.24) is 0 Å². The molecule has 0 aromatic carbocycles. The highest BCUT2D eigenvalue weighted by Crippen LogP contribution is 2.26. The third-order valence-electron chi connectivity index (χ3n) is 2.31. The maximum Gasteiger partial charge on any atom is 0.379 e. The van der Waals surface area contributed by atoms with E-state index < -0.39 is 11.5 Å². The number of hydrogen-bond acceptors (Lipinski definition) is 3. The maximum absolute atomic E-state index is 11.4. The number of rotatable bonds is 2. The first-order chi connectivity index (χ1) is 6.00. The topological polar surface area (TPSA) is 52.4 Å². The number of carbonyl (C=O) groups is 1. The van der Waals surface area contributed by atoms with Crippen LogP contribution in [0.5, 0.6) is 0 Å². The first kappa shape index (κ1) is 10.0. The summed E-state index contributed by atoms with van der Waals surface area (Å²) in [6.07, 6.45) is 2.06. The number of hydrogen-bond donors (Lipinski definition) is 0. The Bertz CT molecular complexity index is 249. The fraction of sp³-hybridized carbons (Fsp3) is 0.778. The second kappa shape index (κ2) is 3.36. The van der Waals surface area contributed by atoms with Crippen LogP contribution in [0.15, 0.2) is 0 Å². The molecule has 0 aromatic heterocycles. The van der Waals surface area contributed by atoms with E-state index in [4.69, 9.17) is 4.74 Å². The van der Waals surface area contributed by atoms with Crippen molar-refractivity contribution in [1.29, 1.82) is 0 Å². The van der Waals surface area contributed by atoms with Gasteiger partial charge in [-0.3, -0.25) is 0 Å². The zero-order valence-electron chi connectivity index (χ0n) is 8.24. The third-order valence-corrected chi connectivity index (χ3v) is 2.31. The molecule has 0 saturated carbocycles. The summed E-state index contributed by atoms with van der Waals surface area (Å²) in [5, 5.41) is 11.4. The summed E-state index contributed by atoms with van der Waals surface area (Å²) in [6.45, 7) is 5.59. The molecular weight excluding hydrogens is 170 g/mol. The molecule has 0 radical (unpaired) electrons. The first-order valence-electron chi connectivity index (χ1n) is 4.49. The quantitative estimate of drug-likeness (QED) is 0.365. The molecule has 1 aliphatic rings. The zero-order valence-corrected chi connectivity index (χ0v) is 8.24. The number of ether oxygens (including phenoxy) is 1.